The van der Waals surface area contributed by atoms with Crippen LogP contribution in [0.4, 0.5) is 0 Å². The van der Waals surface area contributed by atoms with Gasteiger partial charge in [-0.1, -0.05) is 13.3 Å². The van der Waals surface area contributed by atoms with Crippen molar-refractivity contribution in [1.29, 1.82) is 0 Å². The van der Waals surface area contributed by atoms with Crippen LogP contribution in [0.1, 0.15) is 19.8 Å². The molecule has 0 aromatic heterocycles. The Morgan fingerprint density at radius 1 is 1.27 bits per heavy atom. The maximum Gasteiger partial charge on any atom is 0.238 e. The molecule has 0 aliphatic heterocycles. The first-order chi connectivity index (χ1) is 5.13. The van der Waals surface area contributed by atoms with E-state index in [9.17, 15) is 0 Å². The molecule has 0 radical (unpaired) electrons. The summed E-state index contributed by atoms with van der Waals surface area (Å²) in [6, 6.07) is 0. The smallest absolute Gasteiger partial charge is 0.238 e. The molecule has 0 aliphatic rings. The Hall–Kier alpha value is 0.270. The molecule has 11 heavy (non-hydrogen) atoms. The number of ether oxygens (including phenoxy) is 2. The SMILES string of the molecule is CCCC(OC)(OC)P(O)O. The molecule has 0 aromatic carbocycles. The summed E-state index contributed by atoms with van der Waals surface area (Å²) in [4.78, 5) is 17.9. The number of hydrogen-bond acceptors (Lipinski definition) is 4. The van der Waals surface area contributed by atoms with Gasteiger partial charge in [0, 0.05) is 20.6 Å². The normalized spacial score (nSPS) is 12.5. The molecule has 0 saturated carbocycles. The molecule has 0 heterocycles. The Morgan fingerprint density at radius 2 is 1.73 bits per heavy atom. The van der Waals surface area contributed by atoms with Crippen molar-refractivity contribution in [2.24, 2.45) is 0 Å². The number of hydrogen-bond donors (Lipinski definition) is 2. The third-order valence-electron chi connectivity index (χ3n) is 1.51. The lowest BCUT2D eigenvalue weighted by atomic mass is 10.3. The largest absolute Gasteiger partial charge is 0.346 e. The zero-order chi connectivity index (χ0) is 8.91. The molecule has 0 saturated heterocycles. The maximum absolute atomic E-state index is 8.96. The highest BCUT2D eigenvalue weighted by molar-refractivity contribution is 7.46. The van der Waals surface area contributed by atoms with Crippen LogP contribution in [0.25, 0.3) is 0 Å². The molecular formula is C6H15O4P. The van der Waals surface area contributed by atoms with Gasteiger partial charge in [0.2, 0.25) is 13.9 Å². The van der Waals surface area contributed by atoms with E-state index in [1.165, 1.54) is 14.2 Å². The van der Waals surface area contributed by atoms with Crippen molar-refractivity contribution in [2.75, 3.05) is 14.2 Å². The van der Waals surface area contributed by atoms with Crippen LogP contribution in [-0.4, -0.2) is 29.5 Å². The first kappa shape index (κ1) is 11.3. The minimum atomic E-state index is -2.20. The van der Waals surface area contributed by atoms with Crippen LogP contribution >= 0.6 is 8.38 Å². The second-order valence-electron chi connectivity index (χ2n) is 2.16. The van der Waals surface area contributed by atoms with Crippen molar-refractivity contribution >= 4 is 8.38 Å². The molecule has 0 spiro atoms. The van der Waals surface area contributed by atoms with Gasteiger partial charge in [0.05, 0.1) is 0 Å². The van der Waals surface area contributed by atoms with Gasteiger partial charge in [-0.3, -0.25) is 0 Å². The van der Waals surface area contributed by atoms with Crippen LogP contribution in [0.15, 0.2) is 0 Å². The molecule has 0 aliphatic carbocycles. The van der Waals surface area contributed by atoms with Gasteiger partial charge in [-0.2, -0.15) is 0 Å². The van der Waals surface area contributed by atoms with Crippen molar-refractivity contribution in [1.82, 2.24) is 0 Å². The summed E-state index contributed by atoms with van der Waals surface area (Å²) in [6.45, 7) is 1.92. The van der Waals surface area contributed by atoms with E-state index < -0.39 is 13.9 Å². The summed E-state index contributed by atoms with van der Waals surface area (Å²) >= 11 is 0. The fourth-order valence-electron chi connectivity index (χ4n) is 0.867. The molecule has 0 rings (SSSR count). The van der Waals surface area contributed by atoms with Gasteiger partial charge in [0.25, 0.3) is 0 Å². The predicted molar refractivity (Wildman–Crippen MR) is 43.0 cm³/mol. The molecule has 2 N–H and O–H groups in total. The molecule has 0 amide bonds. The van der Waals surface area contributed by atoms with E-state index in [1.807, 2.05) is 6.92 Å². The Morgan fingerprint density at radius 3 is 1.82 bits per heavy atom. The van der Waals surface area contributed by atoms with Crippen LogP contribution in [0.3, 0.4) is 0 Å². The molecule has 68 valence electrons. The summed E-state index contributed by atoms with van der Waals surface area (Å²) in [5.74, 6) is 0. The second kappa shape index (κ2) is 5.01. The monoisotopic (exact) mass is 182 g/mol. The minimum Gasteiger partial charge on any atom is -0.346 e. The van der Waals surface area contributed by atoms with E-state index in [2.05, 4.69) is 0 Å². The summed E-state index contributed by atoms with van der Waals surface area (Å²) < 4.78 is 9.79. The van der Waals surface area contributed by atoms with Crippen LogP contribution in [-0.2, 0) is 9.47 Å². The van der Waals surface area contributed by atoms with E-state index in [-0.39, 0.29) is 0 Å². The van der Waals surface area contributed by atoms with E-state index >= 15 is 0 Å². The van der Waals surface area contributed by atoms with E-state index in [0.717, 1.165) is 6.42 Å². The van der Waals surface area contributed by atoms with Crippen LogP contribution < -0.4 is 0 Å². The molecule has 0 unspecified atom stereocenters. The van der Waals surface area contributed by atoms with Crippen molar-refractivity contribution in [2.45, 2.75) is 25.3 Å². The second-order valence-corrected chi connectivity index (χ2v) is 3.42. The fourth-order valence-corrected chi connectivity index (χ4v) is 1.62. The van der Waals surface area contributed by atoms with E-state index in [0.29, 0.717) is 6.42 Å². The first-order valence-corrected chi connectivity index (χ1v) is 4.66. The lowest BCUT2D eigenvalue weighted by Crippen LogP contribution is -2.31. The van der Waals surface area contributed by atoms with Crippen LogP contribution in [0, 0.1) is 0 Å². The zero-order valence-corrected chi connectivity index (χ0v) is 7.97. The Bertz CT molecular complexity index is 103. The Kier molecular flexibility index (Phi) is 5.13. The third kappa shape index (κ3) is 2.65. The van der Waals surface area contributed by atoms with Gasteiger partial charge < -0.3 is 19.3 Å². The lowest BCUT2D eigenvalue weighted by molar-refractivity contribution is -0.153. The molecule has 0 atom stereocenters. The summed E-state index contributed by atoms with van der Waals surface area (Å²) in [5.41, 5.74) is -1.19. The average Bonchev–Trinajstić information content (AvgIpc) is 2.00. The Balaban J connectivity index is 4.20. The number of rotatable bonds is 5. The van der Waals surface area contributed by atoms with Gasteiger partial charge >= 0.3 is 0 Å². The molecule has 0 aromatic rings. The predicted octanol–water partition coefficient (Wildman–Crippen LogP) is 1.03. The maximum atomic E-state index is 8.96. The van der Waals surface area contributed by atoms with Crippen molar-refractivity contribution in [3.63, 3.8) is 0 Å². The molecule has 0 fully saturated rings. The highest BCUT2D eigenvalue weighted by atomic mass is 31.2. The van der Waals surface area contributed by atoms with E-state index in [4.69, 9.17) is 19.3 Å². The lowest BCUT2D eigenvalue weighted by Gasteiger charge is -2.30. The van der Waals surface area contributed by atoms with E-state index in [1.54, 1.807) is 0 Å². The van der Waals surface area contributed by atoms with Crippen LogP contribution in [0.5, 0.6) is 0 Å². The highest BCUT2D eigenvalue weighted by Gasteiger charge is 2.37. The topological polar surface area (TPSA) is 58.9 Å². The third-order valence-corrected chi connectivity index (χ3v) is 2.71. The average molecular weight is 182 g/mol. The summed E-state index contributed by atoms with van der Waals surface area (Å²) in [5, 5.41) is 0. The summed E-state index contributed by atoms with van der Waals surface area (Å²) in [7, 11) is 0.609. The number of methoxy groups -OCH3 is 2. The molecule has 4 nitrogen and oxygen atoms in total. The minimum absolute atomic E-state index is 0.485. The van der Waals surface area contributed by atoms with Gasteiger partial charge in [0.15, 0.2) is 0 Å². The van der Waals surface area contributed by atoms with Crippen LogP contribution in [0.2, 0.25) is 0 Å². The first-order valence-electron chi connectivity index (χ1n) is 3.41. The van der Waals surface area contributed by atoms with Gasteiger partial charge in [-0.25, -0.2) is 0 Å². The quantitative estimate of drug-likeness (QED) is 0.492. The van der Waals surface area contributed by atoms with Gasteiger partial charge in [-0.05, 0) is 0 Å². The van der Waals surface area contributed by atoms with Crippen molar-refractivity contribution in [3.05, 3.63) is 0 Å². The van der Waals surface area contributed by atoms with Gasteiger partial charge in [0.1, 0.15) is 0 Å². The molecule has 5 heteroatoms. The van der Waals surface area contributed by atoms with Crippen molar-refractivity contribution in [3.8, 4) is 0 Å². The standard InChI is InChI=1S/C6H15O4P/c1-4-5-6(9-2,10-3)11(7)8/h7-8H,4-5H2,1-3H3. The fraction of sp³-hybridized carbons (Fsp3) is 1.00. The van der Waals surface area contributed by atoms with Gasteiger partial charge in [-0.15, -0.1) is 0 Å². The Labute approximate surface area is 68.1 Å². The zero-order valence-electron chi connectivity index (χ0n) is 7.07. The highest BCUT2D eigenvalue weighted by Crippen LogP contribution is 2.46. The van der Waals surface area contributed by atoms with Crippen molar-refractivity contribution < 1.29 is 19.3 Å². The summed E-state index contributed by atoms with van der Waals surface area (Å²) in [6.07, 6.45) is 1.26. The molecular weight excluding hydrogens is 167 g/mol. The molecule has 0 bridgehead atoms.